The number of alkyl halides is 3. The van der Waals surface area contributed by atoms with Gasteiger partial charge in [-0.1, -0.05) is 0 Å². The molecule has 8 heteroatoms. The van der Waals surface area contributed by atoms with E-state index in [-0.39, 0.29) is 10.9 Å². The van der Waals surface area contributed by atoms with Gasteiger partial charge in [-0.05, 0) is 6.07 Å². The number of pyridine rings is 1. The first-order valence-electron chi connectivity index (χ1n) is 4.04. The van der Waals surface area contributed by atoms with Crippen molar-refractivity contribution in [3.8, 4) is 0 Å². The standard InChI is InChI=1S/C8H4F3N3O2/c9-8(10,11)5-1-3-4(2-12-5)13-14-6(3)7(15)16/h1-2H,(H,13,14)(H,15,16). The molecule has 0 amide bonds. The zero-order valence-corrected chi connectivity index (χ0v) is 7.54. The number of carbonyl (C=O) groups is 1. The molecular weight excluding hydrogens is 227 g/mol. The normalized spacial score (nSPS) is 11.9. The molecule has 0 fully saturated rings. The largest absolute Gasteiger partial charge is 0.476 e. The minimum atomic E-state index is -4.61. The van der Waals surface area contributed by atoms with Crippen LogP contribution in [0.3, 0.4) is 0 Å². The smallest absolute Gasteiger partial charge is 0.433 e. The average molecular weight is 231 g/mol. The van der Waals surface area contributed by atoms with Gasteiger partial charge in [-0.3, -0.25) is 5.10 Å². The summed E-state index contributed by atoms with van der Waals surface area (Å²) in [5.41, 5.74) is -1.46. The Morgan fingerprint density at radius 1 is 1.44 bits per heavy atom. The molecule has 0 bridgehead atoms. The van der Waals surface area contributed by atoms with Gasteiger partial charge in [-0.25, -0.2) is 9.78 Å². The quantitative estimate of drug-likeness (QED) is 0.782. The van der Waals surface area contributed by atoms with Crippen LogP contribution in [0.5, 0.6) is 0 Å². The zero-order chi connectivity index (χ0) is 11.9. The van der Waals surface area contributed by atoms with Crippen LogP contribution in [0.2, 0.25) is 0 Å². The lowest BCUT2D eigenvalue weighted by Crippen LogP contribution is -2.07. The van der Waals surface area contributed by atoms with Crippen molar-refractivity contribution in [2.75, 3.05) is 0 Å². The maximum absolute atomic E-state index is 12.3. The van der Waals surface area contributed by atoms with Crippen molar-refractivity contribution >= 4 is 16.9 Å². The van der Waals surface area contributed by atoms with Crippen LogP contribution in [-0.2, 0) is 6.18 Å². The second-order valence-corrected chi connectivity index (χ2v) is 2.99. The van der Waals surface area contributed by atoms with Crippen LogP contribution in [0, 0.1) is 0 Å². The molecule has 0 aliphatic carbocycles. The minimum absolute atomic E-state index is 0.116. The van der Waals surface area contributed by atoms with Crippen LogP contribution in [0.4, 0.5) is 13.2 Å². The summed E-state index contributed by atoms with van der Waals surface area (Å²) in [6, 6.07) is 0.655. The van der Waals surface area contributed by atoms with E-state index in [1.165, 1.54) is 0 Å². The van der Waals surface area contributed by atoms with Gasteiger partial charge in [0, 0.05) is 5.39 Å². The Bertz CT molecular complexity index is 561. The number of nitrogens with one attached hydrogen (secondary N) is 1. The van der Waals surface area contributed by atoms with E-state index >= 15 is 0 Å². The minimum Gasteiger partial charge on any atom is -0.476 e. The maximum Gasteiger partial charge on any atom is 0.433 e. The average Bonchev–Trinajstić information content (AvgIpc) is 2.58. The highest BCUT2D eigenvalue weighted by molar-refractivity contribution is 6.00. The highest BCUT2D eigenvalue weighted by Gasteiger charge is 2.33. The monoisotopic (exact) mass is 231 g/mol. The van der Waals surface area contributed by atoms with Gasteiger partial charge >= 0.3 is 12.1 Å². The number of nitrogens with zero attached hydrogens (tertiary/aromatic N) is 2. The molecule has 2 heterocycles. The molecule has 0 aliphatic rings. The summed E-state index contributed by atoms with van der Waals surface area (Å²) < 4.78 is 36.9. The van der Waals surface area contributed by atoms with E-state index < -0.39 is 23.5 Å². The number of hydrogen-bond acceptors (Lipinski definition) is 3. The third-order valence-electron chi connectivity index (χ3n) is 1.94. The molecule has 2 aromatic heterocycles. The van der Waals surface area contributed by atoms with Crippen LogP contribution < -0.4 is 0 Å². The fraction of sp³-hybridized carbons (Fsp3) is 0.125. The van der Waals surface area contributed by atoms with Crippen LogP contribution in [0.1, 0.15) is 16.2 Å². The number of carboxylic acids is 1. The Morgan fingerprint density at radius 3 is 2.69 bits per heavy atom. The van der Waals surface area contributed by atoms with E-state index in [4.69, 9.17) is 5.11 Å². The van der Waals surface area contributed by atoms with Crippen molar-refractivity contribution < 1.29 is 23.1 Å². The number of fused-ring (bicyclic) bond motifs is 1. The van der Waals surface area contributed by atoms with Crippen molar-refractivity contribution in [1.82, 2.24) is 15.2 Å². The molecule has 0 atom stereocenters. The van der Waals surface area contributed by atoms with Crippen molar-refractivity contribution in [2.45, 2.75) is 6.18 Å². The van der Waals surface area contributed by atoms with Gasteiger partial charge in [-0.2, -0.15) is 18.3 Å². The van der Waals surface area contributed by atoms with Gasteiger partial charge in [0.1, 0.15) is 5.69 Å². The number of aromatic carboxylic acids is 1. The Hall–Kier alpha value is -2.12. The second-order valence-electron chi connectivity index (χ2n) is 2.99. The topological polar surface area (TPSA) is 78.9 Å². The highest BCUT2D eigenvalue weighted by atomic mass is 19.4. The summed E-state index contributed by atoms with van der Waals surface area (Å²) in [6.45, 7) is 0. The highest BCUT2D eigenvalue weighted by Crippen LogP contribution is 2.29. The van der Waals surface area contributed by atoms with Gasteiger partial charge in [0.2, 0.25) is 0 Å². The molecule has 16 heavy (non-hydrogen) atoms. The van der Waals surface area contributed by atoms with E-state index in [1.807, 2.05) is 0 Å². The van der Waals surface area contributed by atoms with Crippen molar-refractivity contribution in [2.24, 2.45) is 0 Å². The molecule has 0 unspecified atom stereocenters. The third kappa shape index (κ3) is 1.58. The van der Waals surface area contributed by atoms with Gasteiger partial charge in [0.05, 0.1) is 11.7 Å². The third-order valence-corrected chi connectivity index (χ3v) is 1.94. The number of aromatic nitrogens is 3. The summed E-state index contributed by atoms with van der Waals surface area (Å²) in [7, 11) is 0. The molecule has 84 valence electrons. The molecule has 0 aromatic carbocycles. The SMILES string of the molecule is O=C(O)c1n[nH]c2cnc(C(F)(F)F)cc12. The number of carboxylic acid groups (broad SMARTS) is 1. The molecule has 0 spiro atoms. The predicted octanol–water partition coefficient (Wildman–Crippen LogP) is 1.67. The number of hydrogen-bond donors (Lipinski definition) is 2. The summed E-state index contributed by atoms with van der Waals surface area (Å²) in [5, 5.41) is 14.2. The van der Waals surface area contributed by atoms with E-state index in [0.29, 0.717) is 6.07 Å². The van der Waals surface area contributed by atoms with Crippen molar-refractivity contribution in [3.63, 3.8) is 0 Å². The Kier molecular flexibility index (Phi) is 2.07. The van der Waals surface area contributed by atoms with Crippen LogP contribution in [0.25, 0.3) is 10.9 Å². The van der Waals surface area contributed by atoms with Crippen LogP contribution in [0.15, 0.2) is 12.3 Å². The van der Waals surface area contributed by atoms with E-state index in [1.54, 1.807) is 0 Å². The Morgan fingerprint density at radius 2 is 2.12 bits per heavy atom. The number of aromatic amines is 1. The van der Waals surface area contributed by atoms with Crippen LogP contribution in [-0.4, -0.2) is 26.3 Å². The molecule has 2 aromatic rings. The lowest BCUT2D eigenvalue weighted by molar-refractivity contribution is -0.141. The van der Waals surface area contributed by atoms with Crippen LogP contribution >= 0.6 is 0 Å². The predicted molar refractivity (Wildman–Crippen MR) is 45.9 cm³/mol. The molecule has 0 radical (unpaired) electrons. The van der Waals surface area contributed by atoms with Gasteiger partial charge in [-0.15, -0.1) is 0 Å². The molecule has 0 saturated carbocycles. The first-order chi connectivity index (χ1) is 7.39. The summed E-state index contributed by atoms with van der Waals surface area (Å²) >= 11 is 0. The van der Waals surface area contributed by atoms with Gasteiger partial charge in [0.25, 0.3) is 0 Å². The van der Waals surface area contributed by atoms with Gasteiger partial charge in [0.15, 0.2) is 5.69 Å². The Balaban J connectivity index is 2.68. The van der Waals surface area contributed by atoms with Crippen molar-refractivity contribution in [3.05, 3.63) is 23.7 Å². The number of H-pyrrole nitrogens is 1. The zero-order valence-electron chi connectivity index (χ0n) is 7.54. The lowest BCUT2D eigenvalue weighted by Gasteiger charge is -2.04. The lowest BCUT2D eigenvalue weighted by atomic mass is 10.2. The number of halogens is 3. The summed E-state index contributed by atoms with van der Waals surface area (Å²) in [4.78, 5) is 13.8. The van der Waals surface area contributed by atoms with E-state index in [2.05, 4.69) is 15.2 Å². The van der Waals surface area contributed by atoms with E-state index in [0.717, 1.165) is 6.20 Å². The Labute approximate surface area is 85.9 Å². The molecular formula is C8H4F3N3O2. The fourth-order valence-electron chi connectivity index (χ4n) is 1.23. The summed E-state index contributed by atoms with van der Waals surface area (Å²) in [5.74, 6) is -1.40. The van der Waals surface area contributed by atoms with E-state index in [9.17, 15) is 18.0 Å². The molecule has 0 saturated heterocycles. The second kappa shape index (κ2) is 3.19. The van der Waals surface area contributed by atoms with Crippen molar-refractivity contribution in [1.29, 1.82) is 0 Å². The van der Waals surface area contributed by atoms with Gasteiger partial charge < -0.3 is 5.11 Å². The maximum atomic E-state index is 12.3. The first kappa shape index (κ1) is 10.4. The number of rotatable bonds is 1. The molecule has 0 aliphatic heterocycles. The fourth-order valence-corrected chi connectivity index (χ4v) is 1.23. The summed E-state index contributed by atoms with van der Waals surface area (Å²) in [6.07, 6.45) is -3.71. The molecule has 2 rings (SSSR count). The molecule has 5 nitrogen and oxygen atoms in total. The molecule has 2 N–H and O–H groups in total. The first-order valence-corrected chi connectivity index (χ1v) is 4.04.